The van der Waals surface area contributed by atoms with Crippen molar-refractivity contribution in [3.05, 3.63) is 41.6 Å². The highest BCUT2D eigenvalue weighted by Gasteiger charge is 2.17. The van der Waals surface area contributed by atoms with Crippen molar-refractivity contribution in [2.45, 2.75) is 31.1 Å². The largest absolute Gasteiger partial charge is 0.472 e. The highest BCUT2D eigenvalue weighted by Crippen LogP contribution is 2.24. The third-order valence-corrected chi connectivity index (χ3v) is 5.13. The van der Waals surface area contributed by atoms with E-state index in [1.807, 2.05) is 29.7 Å². The first kappa shape index (κ1) is 16.7. The van der Waals surface area contributed by atoms with E-state index in [0.29, 0.717) is 11.7 Å². The molecule has 3 aromatic rings. The summed E-state index contributed by atoms with van der Waals surface area (Å²) in [5.74, 6) is 0.971. The highest BCUT2D eigenvalue weighted by molar-refractivity contribution is 7.99. The van der Waals surface area contributed by atoms with Crippen LogP contribution in [0, 0.1) is 0 Å². The summed E-state index contributed by atoms with van der Waals surface area (Å²) in [5.41, 5.74) is 1.68. The van der Waals surface area contributed by atoms with Crippen molar-refractivity contribution in [3.8, 4) is 11.4 Å². The number of fused-ring (bicyclic) bond motifs is 1. The van der Waals surface area contributed by atoms with Gasteiger partial charge < -0.3 is 18.7 Å². The molecule has 0 spiro atoms. The molecule has 1 N–H and O–H groups in total. The van der Waals surface area contributed by atoms with Crippen LogP contribution in [-0.2, 0) is 11.3 Å². The smallest absolute Gasteiger partial charge is 0.230 e. The van der Waals surface area contributed by atoms with Crippen LogP contribution < -0.4 is 16.0 Å². The average molecular weight is 370 g/mol. The number of thioether (sulfide) groups is 1. The molecule has 26 heavy (non-hydrogen) atoms. The predicted molar refractivity (Wildman–Crippen MR) is 97.6 cm³/mol. The molecule has 134 valence electrons. The third-order valence-electron chi connectivity index (χ3n) is 4.16. The molecule has 0 saturated heterocycles. The van der Waals surface area contributed by atoms with Gasteiger partial charge in [0.05, 0.1) is 29.9 Å². The zero-order valence-electron chi connectivity index (χ0n) is 14.2. The van der Waals surface area contributed by atoms with Crippen LogP contribution in [0.4, 0.5) is 0 Å². The number of nitrogens with one attached hydrogen (secondary N) is 1. The van der Waals surface area contributed by atoms with Gasteiger partial charge in [0.25, 0.3) is 0 Å². The zero-order chi connectivity index (χ0) is 17.9. The second-order valence-electron chi connectivity index (χ2n) is 5.87. The van der Waals surface area contributed by atoms with E-state index in [2.05, 4.69) is 21.6 Å². The molecular weight excluding hydrogens is 352 g/mol. The van der Waals surface area contributed by atoms with Crippen molar-refractivity contribution >= 4 is 29.8 Å². The van der Waals surface area contributed by atoms with Crippen molar-refractivity contribution < 1.29 is 13.6 Å². The molecule has 0 bridgehead atoms. The highest BCUT2D eigenvalue weighted by atomic mass is 32.2. The third kappa shape index (κ3) is 3.32. The molecule has 0 aromatic carbocycles. The number of amides is 1. The summed E-state index contributed by atoms with van der Waals surface area (Å²) < 4.78 is 12.5. The van der Waals surface area contributed by atoms with E-state index in [9.17, 15) is 4.79 Å². The van der Waals surface area contributed by atoms with Crippen LogP contribution in [0.2, 0.25) is 0 Å². The summed E-state index contributed by atoms with van der Waals surface area (Å²) in [7, 11) is 0. The lowest BCUT2D eigenvalue weighted by Crippen LogP contribution is -2.39. The Kier molecular flexibility index (Phi) is 4.66. The Morgan fingerprint density at radius 1 is 1.38 bits per heavy atom. The molecule has 3 aromatic heterocycles. The molecule has 1 aliphatic carbocycles. The van der Waals surface area contributed by atoms with E-state index in [4.69, 9.17) is 8.83 Å². The van der Waals surface area contributed by atoms with Gasteiger partial charge in [-0.1, -0.05) is 17.8 Å². The van der Waals surface area contributed by atoms with Gasteiger partial charge in [-0.2, -0.15) is 0 Å². The van der Waals surface area contributed by atoms with Crippen LogP contribution >= 0.6 is 11.8 Å². The number of carbonyl (C=O) groups excluding carboxylic acids is 1. The van der Waals surface area contributed by atoms with Gasteiger partial charge in [-0.05, 0) is 31.6 Å². The molecule has 0 saturated carbocycles. The molecule has 1 unspecified atom stereocenters. The van der Waals surface area contributed by atoms with Crippen molar-refractivity contribution in [1.29, 1.82) is 0 Å². The molecule has 7 nitrogen and oxygen atoms in total. The van der Waals surface area contributed by atoms with E-state index < -0.39 is 0 Å². The summed E-state index contributed by atoms with van der Waals surface area (Å²) in [6, 6.07) is 3.72. The first-order chi connectivity index (χ1) is 12.7. The first-order valence-electron chi connectivity index (χ1n) is 8.38. The Balaban J connectivity index is 1.39. The Hall–Kier alpha value is -2.74. The van der Waals surface area contributed by atoms with Crippen LogP contribution in [0.15, 0.2) is 44.9 Å². The lowest BCUT2D eigenvalue weighted by atomic mass is 10.1. The van der Waals surface area contributed by atoms with Crippen LogP contribution in [0.25, 0.3) is 23.5 Å². The second kappa shape index (κ2) is 7.25. The quantitative estimate of drug-likeness (QED) is 0.660. The predicted octanol–water partition coefficient (Wildman–Crippen LogP) is 1.39. The van der Waals surface area contributed by atoms with Crippen LogP contribution in [0.3, 0.4) is 0 Å². The number of hydrogen-bond acceptors (Lipinski definition) is 6. The molecule has 0 fully saturated rings. The van der Waals surface area contributed by atoms with E-state index in [1.165, 1.54) is 11.8 Å². The van der Waals surface area contributed by atoms with Crippen molar-refractivity contribution in [2.24, 2.45) is 0 Å². The normalized spacial score (nSPS) is 15.8. The summed E-state index contributed by atoms with van der Waals surface area (Å²) in [5, 5.41) is 13.2. The standard InChI is InChI=1S/C18H18N4O3S/c1-2-22-17(13-5-7-24-10-13)20-21-18(22)26-11-16(23)19-14-4-3-12-6-8-25-15(12)9-14/h3,5-10,14H,2,4,11H2,1H3,(H,19,23). The Labute approximate surface area is 153 Å². The monoisotopic (exact) mass is 370 g/mol. The fourth-order valence-electron chi connectivity index (χ4n) is 2.90. The number of aromatic nitrogens is 3. The molecular formula is C18H18N4O3S. The van der Waals surface area contributed by atoms with Crippen molar-refractivity contribution in [1.82, 2.24) is 20.1 Å². The number of rotatable bonds is 6. The Morgan fingerprint density at radius 3 is 3.12 bits per heavy atom. The molecule has 0 aliphatic heterocycles. The maximum absolute atomic E-state index is 12.3. The fraction of sp³-hybridized carbons (Fsp3) is 0.278. The maximum Gasteiger partial charge on any atom is 0.230 e. The Bertz CT molecular complexity index is 1020. The van der Waals surface area contributed by atoms with Gasteiger partial charge >= 0.3 is 0 Å². The Morgan fingerprint density at radius 2 is 2.31 bits per heavy atom. The SMILES string of the molecule is CCn1c(SCC(=O)NC2C=c3occc3=CC2)nnc1-c1ccoc1. The van der Waals surface area contributed by atoms with Crippen molar-refractivity contribution in [2.75, 3.05) is 5.75 Å². The van der Waals surface area contributed by atoms with Gasteiger partial charge in [-0.25, -0.2) is 0 Å². The van der Waals surface area contributed by atoms with Crippen molar-refractivity contribution in [3.63, 3.8) is 0 Å². The number of furan rings is 2. The average Bonchev–Trinajstić information content (AvgIpc) is 3.38. The van der Waals surface area contributed by atoms with Gasteiger partial charge in [0, 0.05) is 11.8 Å². The minimum absolute atomic E-state index is 0.0461. The van der Waals surface area contributed by atoms with E-state index in [0.717, 1.165) is 28.4 Å². The second-order valence-corrected chi connectivity index (χ2v) is 6.81. The minimum atomic E-state index is -0.0488. The van der Waals surface area contributed by atoms with E-state index >= 15 is 0 Å². The van der Waals surface area contributed by atoms with Gasteiger partial charge in [0.1, 0.15) is 11.7 Å². The zero-order valence-corrected chi connectivity index (χ0v) is 15.0. The molecule has 8 heteroatoms. The molecule has 1 aliphatic rings. The van der Waals surface area contributed by atoms with Crippen LogP contribution in [-0.4, -0.2) is 32.5 Å². The lowest BCUT2D eigenvalue weighted by molar-refractivity contribution is -0.118. The number of carbonyl (C=O) groups is 1. The maximum atomic E-state index is 12.3. The van der Waals surface area contributed by atoms with E-state index in [1.54, 1.807) is 18.8 Å². The first-order valence-corrected chi connectivity index (χ1v) is 9.36. The number of nitrogens with zero attached hydrogens (tertiary/aromatic N) is 3. The molecule has 1 atom stereocenters. The van der Waals surface area contributed by atoms with E-state index in [-0.39, 0.29) is 17.7 Å². The molecule has 1 amide bonds. The van der Waals surface area contributed by atoms with Crippen LogP contribution in [0.5, 0.6) is 0 Å². The molecule has 0 radical (unpaired) electrons. The lowest BCUT2D eigenvalue weighted by Gasteiger charge is -2.14. The summed E-state index contributed by atoms with van der Waals surface area (Å²) in [4.78, 5) is 12.3. The van der Waals surface area contributed by atoms with Crippen LogP contribution in [0.1, 0.15) is 13.3 Å². The van der Waals surface area contributed by atoms with Gasteiger partial charge in [0.15, 0.2) is 11.0 Å². The van der Waals surface area contributed by atoms with Gasteiger partial charge in [-0.15, -0.1) is 10.2 Å². The van der Waals surface area contributed by atoms with Gasteiger partial charge in [0.2, 0.25) is 5.91 Å². The number of hydrogen-bond donors (Lipinski definition) is 1. The van der Waals surface area contributed by atoms with Gasteiger partial charge in [-0.3, -0.25) is 4.79 Å². The fourth-order valence-corrected chi connectivity index (χ4v) is 3.72. The summed E-state index contributed by atoms with van der Waals surface area (Å²) in [6.07, 6.45) is 9.68. The topological polar surface area (TPSA) is 86.1 Å². The molecule has 3 heterocycles. The summed E-state index contributed by atoms with van der Waals surface area (Å²) in [6.45, 7) is 2.73. The molecule has 4 rings (SSSR count). The minimum Gasteiger partial charge on any atom is -0.472 e. The summed E-state index contributed by atoms with van der Waals surface area (Å²) >= 11 is 1.37.